The number of carbonyl (C=O) groups excluding carboxylic acids is 1. The van der Waals surface area contributed by atoms with Crippen molar-refractivity contribution in [1.29, 1.82) is 0 Å². The zero-order valence-corrected chi connectivity index (χ0v) is 11.2. The lowest BCUT2D eigenvalue weighted by Crippen LogP contribution is -2.29. The number of nitrogens with one attached hydrogen (secondary N) is 2. The van der Waals surface area contributed by atoms with E-state index in [-0.39, 0.29) is 11.9 Å². The lowest BCUT2D eigenvalue weighted by Gasteiger charge is -2.27. The molecule has 0 unspecified atom stereocenters. The molecule has 18 heavy (non-hydrogen) atoms. The van der Waals surface area contributed by atoms with Gasteiger partial charge < -0.3 is 10.6 Å². The monoisotopic (exact) mass is 246 g/mol. The summed E-state index contributed by atoms with van der Waals surface area (Å²) in [6.07, 6.45) is 2.37. The zero-order chi connectivity index (χ0) is 13.0. The zero-order valence-electron chi connectivity index (χ0n) is 11.2. The quantitative estimate of drug-likeness (QED) is 0.859. The van der Waals surface area contributed by atoms with Gasteiger partial charge in [0, 0.05) is 6.92 Å². The minimum Gasteiger partial charge on any atom is -0.350 e. The van der Waals surface area contributed by atoms with Crippen molar-refractivity contribution in [1.82, 2.24) is 10.6 Å². The van der Waals surface area contributed by atoms with E-state index >= 15 is 0 Å². The smallest absolute Gasteiger partial charge is 0.217 e. The molecule has 98 valence electrons. The van der Waals surface area contributed by atoms with Crippen LogP contribution in [-0.2, 0) is 4.79 Å². The predicted molar refractivity (Wildman–Crippen MR) is 73.5 cm³/mol. The number of amides is 1. The van der Waals surface area contributed by atoms with Crippen LogP contribution in [0.5, 0.6) is 0 Å². The molecule has 1 amide bonds. The van der Waals surface area contributed by atoms with Crippen LogP contribution in [0.4, 0.5) is 0 Å². The van der Waals surface area contributed by atoms with E-state index in [1.54, 1.807) is 6.92 Å². The summed E-state index contributed by atoms with van der Waals surface area (Å²) in [5, 5.41) is 6.38. The van der Waals surface area contributed by atoms with Crippen molar-refractivity contribution in [3.63, 3.8) is 0 Å². The molecule has 1 aliphatic heterocycles. The molecule has 0 spiro atoms. The highest BCUT2D eigenvalue weighted by atomic mass is 16.1. The highest BCUT2D eigenvalue weighted by molar-refractivity contribution is 5.73. The van der Waals surface area contributed by atoms with Gasteiger partial charge in [-0.1, -0.05) is 24.3 Å². The highest BCUT2D eigenvalue weighted by Gasteiger charge is 2.20. The number of benzene rings is 1. The van der Waals surface area contributed by atoms with E-state index in [1.807, 2.05) is 0 Å². The Kier molecular flexibility index (Phi) is 4.37. The normalized spacial score (nSPS) is 18.3. The lowest BCUT2D eigenvalue weighted by atomic mass is 9.85. The number of rotatable bonds is 3. The maximum Gasteiger partial charge on any atom is 0.217 e. The summed E-state index contributed by atoms with van der Waals surface area (Å²) in [6.45, 7) is 5.81. The van der Waals surface area contributed by atoms with Gasteiger partial charge in [-0.2, -0.15) is 0 Å². The average Bonchev–Trinajstić information content (AvgIpc) is 2.39. The van der Waals surface area contributed by atoms with Gasteiger partial charge in [-0.05, 0) is 49.9 Å². The third-order valence-electron chi connectivity index (χ3n) is 3.66. The Morgan fingerprint density at radius 1 is 1.33 bits per heavy atom. The molecule has 0 bridgehead atoms. The maximum absolute atomic E-state index is 11.2. The summed E-state index contributed by atoms with van der Waals surface area (Å²) < 4.78 is 0. The van der Waals surface area contributed by atoms with Crippen LogP contribution in [0.15, 0.2) is 24.3 Å². The largest absolute Gasteiger partial charge is 0.350 e. The fraction of sp³-hybridized carbons (Fsp3) is 0.533. The standard InChI is InChI=1S/C15H22N2O/c1-11(17-12(2)18)14-5-3-4-6-15(14)13-7-9-16-10-8-13/h3-6,11,13,16H,7-10H2,1-2H3,(H,17,18)/t11-/m1/s1. The first-order chi connectivity index (χ1) is 8.68. The van der Waals surface area contributed by atoms with E-state index in [4.69, 9.17) is 0 Å². The first-order valence-electron chi connectivity index (χ1n) is 6.75. The van der Waals surface area contributed by atoms with Crippen LogP contribution in [0.3, 0.4) is 0 Å². The summed E-state index contributed by atoms with van der Waals surface area (Å²) in [7, 11) is 0. The predicted octanol–water partition coefficient (Wildman–Crippen LogP) is 2.35. The molecule has 1 aromatic rings. The molecule has 1 atom stereocenters. The number of hydrogen-bond acceptors (Lipinski definition) is 2. The van der Waals surface area contributed by atoms with Crippen LogP contribution in [0, 0.1) is 0 Å². The van der Waals surface area contributed by atoms with Crippen LogP contribution in [0.25, 0.3) is 0 Å². The fourth-order valence-electron chi connectivity index (χ4n) is 2.79. The lowest BCUT2D eigenvalue weighted by molar-refractivity contribution is -0.119. The molecule has 3 heteroatoms. The van der Waals surface area contributed by atoms with E-state index in [0.29, 0.717) is 5.92 Å². The second kappa shape index (κ2) is 6.01. The van der Waals surface area contributed by atoms with E-state index in [1.165, 1.54) is 24.0 Å². The van der Waals surface area contributed by atoms with Gasteiger partial charge in [0.05, 0.1) is 6.04 Å². The summed E-state index contributed by atoms with van der Waals surface area (Å²) in [5.74, 6) is 0.654. The Balaban J connectivity index is 2.21. The Hall–Kier alpha value is -1.35. The molecular weight excluding hydrogens is 224 g/mol. The van der Waals surface area contributed by atoms with Crippen molar-refractivity contribution in [2.75, 3.05) is 13.1 Å². The second-order valence-electron chi connectivity index (χ2n) is 5.08. The maximum atomic E-state index is 11.2. The molecule has 0 saturated carbocycles. The van der Waals surface area contributed by atoms with Gasteiger partial charge in [0.1, 0.15) is 0 Å². The average molecular weight is 246 g/mol. The molecule has 0 radical (unpaired) electrons. The SMILES string of the molecule is CC(=O)N[C@H](C)c1ccccc1C1CCNCC1. The summed E-state index contributed by atoms with van der Waals surface area (Å²) in [6, 6.07) is 8.59. The van der Waals surface area contributed by atoms with Crippen molar-refractivity contribution in [2.45, 2.75) is 38.6 Å². The van der Waals surface area contributed by atoms with Gasteiger partial charge in [0.2, 0.25) is 5.91 Å². The molecule has 1 saturated heterocycles. The third-order valence-corrected chi connectivity index (χ3v) is 3.66. The Bertz CT molecular complexity index is 411. The summed E-state index contributed by atoms with van der Waals surface area (Å²) >= 11 is 0. The molecule has 1 aliphatic rings. The van der Waals surface area contributed by atoms with Gasteiger partial charge in [-0.3, -0.25) is 4.79 Å². The van der Waals surface area contributed by atoms with Crippen molar-refractivity contribution in [2.24, 2.45) is 0 Å². The number of piperidine rings is 1. The highest BCUT2D eigenvalue weighted by Crippen LogP contribution is 2.30. The van der Waals surface area contributed by atoms with Crippen LogP contribution in [0.1, 0.15) is 49.8 Å². The van der Waals surface area contributed by atoms with Gasteiger partial charge in [-0.25, -0.2) is 0 Å². The van der Waals surface area contributed by atoms with Crippen molar-refractivity contribution < 1.29 is 4.79 Å². The van der Waals surface area contributed by atoms with E-state index in [2.05, 4.69) is 41.8 Å². The van der Waals surface area contributed by atoms with Gasteiger partial charge >= 0.3 is 0 Å². The molecule has 1 aromatic carbocycles. The van der Waals surface area contributed by atoms with Gasteiger partial charge in [0.25, 0.3) is 0 Å². The van der Waals surface area contributed by atoms with Crippen LogP contribution < -0.4 is 10.6 Å². The number of hydrogen-bond donors (Lipinski definition) is 2. The second-order valence-corrected chi connectivity index (χ2v) is 5.08. The Morgan fingerprint density at radius 3 is 2.67 bits per heavy atom. The molecule has 1 fully saturated rings. The molecule has 2 N–H and O–H groups in total. The van der Waals surface area contributed by atoms with Crippen LogP contribution in [-0.4, -0.2) is 19.0 Å². The minimum absolute atomic E-state index is 0.0302. The van der Waals surface area contributed by atoms with E-state index in [0.717, 1.165) is 13.1 Å². The van der Waals surface area contributed by atoms with Gasteiger partial charge in [-0.15, -0.1) is 0 Å². The van der Waals surface area contributed by atoms with Crippen molar-refractivity contribution in [3.8, 4) is 0 Å². The van der Waals surface area contributed by atoms with Gasteiger partial charge in [0.15, 0.2) is 0 Å². The molecule has 3 nitrogen and oxygen atoms in total. The fourth-order valence-corrected chi connectivity index (χ4v) is 2.79. The minimum atomic E-state index is 0.0302. The summed E-state index contributed by atoms with van der Waals surface area (Å²) in [4.78, 5) is 11.2. The van der Waals surface area contributed by atoms with E-state index in [9.17, 15) is 4.79 Å². The molecule has 0 aliphatic carbocycles. The van der Waals surface area contributed by atoms with Crippen LogP contribution >= 0.6 is 0 Å². The molecular formula is C15H22N2O. The first-order valence-corrected chi connectivity index (χ1v) is 6.75. The van der Waals surface area contributed by atoms with Crippen molar-refractivity contribution >= 4 is 5.91 Å². The van der Waals surface area contributed by atoms with Crippen LogP contribution in [0.2, 0.25) is 0 Å². The topological polar surface area (TPSA) is 41.1 Å². The Labute approximate surface area is 109 Å². The Morgan fingerprint density at radius 2 is 2.00 bits per heavy atom. The third kappa shape index (κ3) is 3.10. The van der Waals surface area contributed by atoms with Crippen molar-refractivity contribution in [3.05, 3.63) is 35.4 Å². The first kappa shape index (κ1) is 13.1. The molecule has 0 aromatic heterocycles. The van der Waals surface area contributed by atoms with E-state index < -0.39 is 0 Å². The summed E-state index contributed by atoms with van der Waals surface area (Å²) in [5.41, 5.74) is 2.67. The molecule has 2 rings (SSSR count). The number of carbonyl (C=O) groups is 1. The molecule has 1 heterocycles.